The van der Waals surface area contributed by atoms with Crippen LogP contribution in [0.2, 0.25) is 0 Å². The van der Waals surface area contributed by atoms with Crippen LogP contribution in [-0.4, -0.2) is 9.97 Å². The number of rotatable bonds is 2. The molecule has 0 atom stereocenters. The molecule has 0 radical (unpaired) electrons. The van der Waals surface area contributed by atoms with E-state index in [4.69, 9.17) is 5.73 Å². The van der Waals surface area contributed by atoms with Crippen molar-refractivity contribution in [2.75, 3.05) is 0 Å². The third-order valence-electron chi connectivity index (χ3n) is 3.95. The van der Waals surface area contributed by atoms with Crippen molar-refractivity contribution >= 4 is 0 Å². The molecule has 1 fully saturated rings. The van der Waals surface area contributed by atoms with Crippen LogP contribution in [0.5, 0.6) is 0 Å². The Bertz CT molecular complexity index is 597. The van der Waals surface area contributed by atoms with Gasteiger partial charge in [-0.25, -0.2) is 9.37 Å². The zero-order valence-electron chi connectivity index (χ0n) is 11.0. The number of nitrogens with two attached hydrogens (primary N) is 1. The molecule has 1 aliphatic rings. The van der Waals surface area contributed by atoms with E-state index in [9.17, 15) is 4.39 Å². The number of aryl methyl sites for hydroxylation is 1. The van der Waals surface area contributed by atoms with E-state index in [-0.39, 0.29) is 11.4 Å². The number of aromatic amines is 1. The highest BCUT2D eigenvalue weighted by Crippen LogP contribution is 2.36. The molecule has 1 heterocycles. The highest BCUT2D eigenvalue weighted by atomic mass is 19.1. The van der Waals surface area contributed by atoms with Crippen molar-refractivity contribution in [2.45, 2.75) is 38.1 Å². The first kappa shape index (κ1) is 12.4. The summed E-state index contributed by atoms with van der Waals surface area (Å²) in [5, 5.41) is 0. The molecule has 1 aromatic carbocycles. The first-order valence-electron chi connectivity index (χ1n) is 6.70. The predicted octanol–water partition coefficient (Wildman–Crippen LogP) is 3.25. The SMILES string of the molecule is Cc1[nH]c(C2(N)CCCC2)nc1-c1cccc(F)c1. The van der Waals surface area contributed by atoms with Crippen LogP contribution < -0.4 is 5.73 Å². The van der Waals surface area contributed by atoms with Crippen LogP contribution in [-0.2, 0) is 5.54 Å². The van der Waals surface area contributed by atoms with E-state index in [1.54, 1.807) is 6.07 Å². The van der Waals surface area contributed by atoms with Crippen molar-refractivity contribution in [1.82, 2.24) is 9.97 Å². The molecule has 100 valence electrons. The minimum Gasteiger partial charge on any atom is -0.344 e. The zero-order chi connectivity index (χ0) is 13.5. The Kier molecular flexibility index (Phi) is 2.90. The van der Waals surface area contributed by atoms with Crippen LogP contribution in [0, 0.1) is 12.7 Å². The number of benzene rings is 1. The van der Waals surface area contributed by atoms with Gasteiger partial charge in [-0.3, -0.25) is 0 Å². The molecule has 0 saturated heterocycles. The first-order valence-corrected chi connectivity index (χ1v) is 6.70. The van der Waals surface area contributed by atoms with Gasteiger partial charge in [-0.15, -0.1) is 0 Å². The van der Waals surface area contributed by atoms with Gasteiger partial charge in [0.1, 0.15) is 11.6 Å². The van der Waals surface area contributed by atoms with E-state index < -0.39 is 0 Å². The van der Waals surface area contributed by atoms with E-state index in [2.05, 4.69) is 9.97 Å². The third-order valence-corrected chi connectivity index (χ3v) is 3.95. The number of aromatic nitrogens is 2. The summed E-state index contributed by atoms with van der Waals surface area (Å²) in [5.74, 6) is 0.589. The lowest BCUT2D eigenvalue weighted by Crippen LogP contribution is -2.34. The maximum atomic E-state index is 13.3. The molecule has 0 unspecified atom stereocenters. The molecular formula is C15H18FN3. The summed E-state index contributed by atoms with van der Waals surface area (Å²) in [7, 11) is 0. The summed E-state index contributed by atoms with van der Waals surface area (Å²) in [6.07, 6.45) is 4.21. The van der Waals surface area contributed by atoms with Crippen LogP contribution in [0.3, 0.4) is 0 Å². The summed E-state index contributed by atoms with van der Waals surface area (Å²) in [4.78, 5) is 7.91. The van der Waals surface area contributed by atoms with Gasteiger partial charge < -0.3 is 10.7 Å². The van der Waals surface area contributed by atoms with E-state index in [0.717, 1.165) is 48.5 Å². The Labute approximate surface area is 112 Å². The predicted molar refractivity (Wildman–Crippen MR) is 73.1 cm³/mol. The number of hydrogen-bond acceptors (Lipinski definition) is 2. The molecule has 0 aliphatic heterocycles. The molecule has 3 rings (SSSR count). The Balaban J connectivity index is 2.02. The highest BCUT2D eigenvalue weighted by Gasteiger charge is 2.34. The van der Waals surface area contributed by atoms with Crippen LogP contribution in [0.4, 0.5) is 4.39 Å². The van der Waals surface area contributed by atoms with Crippen molar-refractivity contribution in [3.8, 4) is 11.3 Å². The number of nitrogens with one attached hydrogen (secondary N) is 1. The fourth-order valence-corrected chi connectivity index (χ4v) is 2.86. The maximum Gasteiger partial charge on any atom is 0.127 e. The minimum absolute atomic E-state index is 0.246. The Hall–Kier alpha value is -1.68. The summed E-state index contributed by atoms with van der Waals surface area (Å²) in [6, 6.07) is 6.51. The van der Waals surface area contributed by atoms with Crippen LogP contribution in [0.1, 0.15) is 37.2 Å². The van der Waals surface area contributed by atoms with Crippen LogP contribution >= 0.6 is 0 Å². The van der Waals surface area contributed by atoms with Crippen molar-refractivity contribution < 1.29 is 4.39 Å². The molecule has 0 spiro atoms. The molecule has 3 nitrogen and oxygen atoms in total. The number of imidazole rings is 1. The molecule has 1 aliphatic carbocycles. The number of H-pyrrole nitrogens is 1. The second kappa shape index (κ2) is 4.46. The normalized spacial score (nSPS) is 17.8. The Morgan fingerprint density at radius 2 is 2.05 bits per heavy atom. The van der Waals surface area contributed by atoms with Crippen molar-refractivity contribution in [1.29, 1.82) is 0 Å². The summed E-state index contributed by atoms with van der Waals surface area (Å²) in [6.45, 7) is 1.95. The van der Waals surface area contributed by atoms with Gasteiger partial charge in [-0.1, -0.05) is 25.0 Å². The summed E-state index contributed by atoms with van der Waals surface area (Å²) in [5.41, 5.74) is 8.60. The maximum absolute atomic E-state index is 13.3. The van der Waals surface area contributed by atoms with Gasteiger partial charge in [-0.2, -0.15) is 0 Å². The van der Waals surface area contributed by atoms with Crippen LogP contribution in [0.15, 0.2) is 24.3 Å². The molecule has 3 N–H and O–H groups in total. The second-order valence-electron chi connectivity index (χ2n) is 5.43. The van der Waals surface area contributed by atoms with Gasteiger partial charge in [0.25, 0.3) is 0 Å². The van der Waals surface area contributed by atoms with E-state index in [1.807, 2.05) is 13.0 Å². The minimum atomic E-state index is -0.337. The van der Waals surface area contributed by atoms with E-state index >= 15 is 0 Å². The van der Waals surface area contributed by atoms with Gasteiger partial charge >= 0.3 is 0 Å². The molecule has 1 saturated carbocycles. The lowest BCUT2D eigenvalue weighted by atomic mass is 9.99. The Morgan fingerprint density at radius 1 is 1.32 bits per heavy atom. The molecule has 0 amide bonds. The molecule has 2 aromatic rings. The number of hydrogen-bond donors (Lipinski definition) is 2. The van der Waals surface area contributed by atoms with Crippen molar-refractivity contribution in [2.24, 2.45) is 5.73 Å². The average Bonchev–Trinajstić information content (AvgIpc) is 2.97. The van der Waals surface area contributed by atoms with Crippen LogP contribution in [0.25, 0.3) is 11.3 Å². The first-order chi connectivity index (χ1) is 9.08. The zero-order valence-corrected chi connectivity index (χ0v) is 11.0. The molecular weight excluding hydrogens is 241 g/mol. The standard InChI is InChI=1S/C15H18FN3/c1-10-13(11-5-4-6-12(16)9-11)19-14(18-10)15(17)7-2-3-8-15/h4-6,9H,2-3,7-8,17H2,1H3,(H,18,19). The molecule has 4 heteroatoms. The smallest absolute Gasteiger partial charge is 0.127 e. The molecule has 1 aromatic heterocycles. The Morgan fingerprint density at radius 3 is 2.74 bits per heavy atom. The lowest BCUT2D eigenvalue weighted by molar-refractivity contribution is 0.435. The third kappa shape index (κ3) is 2.16. The largest absolute Gasteiger partial charge is 0.344 e. The van der Waals surface area contributed by atoms with Crippen molar-refractivity contribution in [3.63, 3.8) is 0 Å². The number of nitrogens with zero attached hydrogens (tertiary/aromatic N) is 1. The van der Waals surface area contributed by atoms with Gasteiger partial charge in [0, 0.05) is 11.3 Å². The quantitative estimate of drug-likeness (QED) is 0.869. The average molecular weight is 259 g/mol. The topological polar surface area (TPSA) is 54.7 Å². The second-order valence-corrected chi connectivity index (χ2v) is 5.43. The fraction of sp³-hybridized carbons (Fsp3) is 0.400. The van der Waals surface area contributed by atoms with Gasteiger partial charge in [0.2, 0.25) is 0 Å². The van der Waals surface area contributed by atoms with Gasteiger partial charge in [-0.05, 0) is 31.9 Å². The van der Waals surface area contributed by atoms with E-state index in [1.165, 1.54) is 12.1 Å². The van der Waals surface area contributed by atoms with Gasteiger partial charge in [0.15, 0.2) is 0 Å². The van der Waals surface area contributed by atoms with Gasteiger partial charge in [0.05, 0.1) is 11.2 Å². The molecule has 0 bridgehead atoms. The van der Waals surface area contributed by atoms with E-state index in [0.29, 0.717) is 0 Å². The lowest BCUT2D eigenvalue weighted by Gasteiger charge is -2.20. The summed E-state index contributed by atoms with van der Waals surface area (Å²) >= 11 is 0. The summed E-state index contributed by atoms with van der Waals surface area (Å²) < 4.78 is 13.3. The van der Waals surface area contributed by atoms with Crippen molar-refractivity contribution in [3.05, 3.63) is 41.6 Å². The number of halogens is 1. The fourth-order valence-electron chi connectivity index (χ4n) is 2.86. The highest BCUT2D eigenvalue weighted by molar-refractivity contribution is 5.62. The monoisotopic (exact) mass is 259 g/mol. The molecule has 19 heavy (non-hydrogen) atoms.